The molecule has 2 aliphatic heterocycles. The molecule has 0 bridgehead atoms. The SMILES string of the molecule is Cc1ncc(CO)n1C[C@H]1CN[C@H](C)CN1CC(=O)N1CC(C)(C)c2ncc(Cc3ccc(F)cc3)cc21. The first kappa shape index (κ1) is 26.5. The van der Waals surface area contributed by atoms with Gasteiger partial charge in [-0.2, -0.15) is 0 Å². The number of aliphatic hydroxyl groups excluding tert-OH is 1. The molecule has 2 N–H and O–H groups in total. The number of rotatable bonds is 7. The fourth-order valence-electron chi connectivity index (χ4n) is 5.70. The molecule has 1 fully saturated rings. The predicted molar refractivity (Wildman–Crippen MR) is 145 cm³/mol. The molecule has 1 amide bonds. The number of aromatic nitrogens is 3. The number of hydrogen-bond acceptors (Lipinski definition) is 6. The third-order valence-corrected chi connectivity index (χ3v) is 7.79. The number of piperazine rings is 1. The molecule has 1 saturated heterocycles. The Kier molecular flexibility index (Phi) is 7.35. The average Bonchev–Trinajstić information content (AvgIpc) is 3.37. The van der Waals surface area contributed by atoms with Crippen LogP contribution in [0.1, 0.15) is 49.1 Å². The second kappa shape index (κ2) is 10.6. The van der Waals surface area contributed by atoms with Gasteiger partial charge in [0.1, 0.15) is 11.6 Å². The lowest BCUT2D eigenvalue weighted by Crippen LogP contribution is -2.59. The minimum absolute atomic E-state index is 0.0568. The summed E-state index contributed by atoms with van der Waals surface area (Å²) in [4.78, 5) is 27.1. The second-order valence-electron chi connectivity index (χ2n) is 11.3. The van der Waals surface area contributed by atoms with Gasteiger partial charge in [-0.15, -0.1) is 0 Å². The Bertz CT molecular complexity index is 1300. The zero-order valence-electron chi connectivity index (χ0n) is 22.6. The molecule has 2 aromatic heterocycles. The van der Waals surface area contributed by atoms with Crippen LogP contribution in [0.5, 0.6) is 0 Å². The molecule has 1 aromatic carbocycles. The van der Waals surface area contributed by atoms with Gasteiger partial charge >= 0.3 is 0 Å². The third-order valence-electron chi connectivity index (χ3n) is 7.79. The number of imidazole rings is 1. The van der Waals surface area contributed by atoms with Crippen molar-refractivity contribution >= 4 is 11.6 Å². The fourth-order valence-corrected chi connectivity index (χ4v) is 5.70. The van der Waals surface area contributed by atoms with Gasteiger partial charge in [0.2, 0.25) is 5.91 Å². The van der Waals surface area contributed by atoms with Crippen molar-refractivity contribution in [1.82, 2.24) is 24.8 Å². The van der Waals surface area contributed by atoms with E-state index in [0.29, 0.717) is 26.1 Å². The number of benzene rings is 1. The van der Waals surface area contributed by atoms with Gasteiger partial charge < -0.3 is 19.9 Å². The number of carbonyl (C=O) groups is 1. The maximum atomic E-state index is 13.9. The number of aliphatic hydroxyl groups is 1. The normalized spacial score (nSPS) is 21.1. The Hall–Kier alpha value is -3.14. The van der Waals surface area contributed by atoms with Crippen LogP contribution in [0.15, 0.2) is 42.7 Å². The van der Waals surface area contributed by atoms with Crippen LogP contribution < -0.4 is 10.2 Å². The number of nitrogens with one attached hydrogen (secondary N) is 1. The summed E-state index contributed by atoms with van der Waals surface area (Å²) in [7, 11) is 0. The van der Waals surface area contributed by atoms with Gasteiger partial charge in [0.25, 0.3) is 0 Å². The summed E-state index contributed by atoms with van der Waals surface area (Å²) in [6.07, 6.45) is 4.21. The minimum Gasteiger partial charge on any atom is -0.390 e. The Morgan fingerprint density at radius 3 is 2.68 bits per heavy atom. The molecule has 2 atom stereocenters. The van der Waals surface area contributed by atoms with Gasteiger partial charge in [0.05, 0.1) is 36.4 Å². The second-order valence-corrected chi connectivity index (χ2v) is 11.3. The molecule has 0 aliphatic carbocycles. The zero-order valence-corrected chi connectivity index (χ0v) is 22.6. The number of anilines is 1. The highest BCUT2D eigenvalue weighted by atomic mass is 19.1. The molecule has 9 heteroatoms. The number of hydrogen-bond donors (Lipinski definition) is 2. The number of amides is 1. The number of halogens is 1. The fraction of sp³-hybridized carbons (Fsp3) is 0.483. The van der Waals surface area contributed by atoms with Crippen LogP contribution in [0.25, 0.3) is 0 Å². The molecule has 202 valence electrons. The number of fused-ring (bicyclic) bond motifs is 1. The monoisotopic (exact) mass is 520 g/mol. The van der Waals surface area contributed by atoms with E-state index in [-0.39, 0.29) is 35.8 Å². The first-order chi connectivity index (χ1) is 18.1. The first-order valence-corrected chi connectivity index (χ1v) is 13.3. The lowest BCUT2D eigenvalue weighted by molar-refractivity contribution is -0.120. The van der Waals surface area contributed by atoms with Crippen molar-refractivity contribution in [3.63, 3.8) is 0 Å². The summed E-state index contributed by atoms with van der Waals surface area (Å²) in [6, 6.07) is 8.93. The first-order valence-electron chi connectivity index (χ1n) is 13.3. The van der Waals surface area contributed by atoms with E-state index in [1.54, 1.807) is 18.3 Å². The third kappa shape index (κ3) is 5.36. The summed E-state index contributed by atoms with van der Waals surface area (Å²) < 4.78 is 15.4. The predicted octanol–water partition coefficient (Wildman–Crippen LogP) is 2.80. The van der Waals surface area contributed by atoms with E-state index in [1.165, 1.54) is 12.1 Å². The molecule has 4 heterocycles. The molecule has 0 unspecified atom stereocenters. The van der Waals surface area contributed by atoms with Crippen molar-refractivity contribution in [1.29, 1.82) is 0 Å². The van der Waals surface area contributed by atoms with Crippen LogP contribution >= 0.6 is 0 Å². The van der Waals surface area contributed by atoms with E-state index in [9.17, 15) is 14.3 Å². The van der Waals surface area contributed by atoms with Gasteiger partial charge in [0.15, 0.2) is 0 Å². The van der Waals surface area contributed by atoms with Gasteiger partial charge in [-0.05, 0) is 49.6 Å². The molecule has 38 heavy (non-hydrogen) atoms. The lowest BCUT2D eigenvalue weighted by Gasteiger charge is -2.40. The van der Waals surface area contributed by atoms with E-state index < -0.39 is 0 Å². The molecule has 0 radical (unpaired) electrons. The molecule has 2 aliphatic rings. The molecular weight excluding hydrogens is 483 g/mol. The number of pyridine rings is 1. The minimum atomic E-state index is -0.254. The summed E-state index contributed by atoms with van der Waals surface area (Å²) in [5.74, 6) is 0.658. The quantitative estimate of drug-likeness (QED) is 0.498. The summed E-state index contributed by atoms with van der Waals surface area (Å²) in [5.41, 5.74) is 4.32. The van der Waals surface area contributed by atoms with Crippen molar-refractivity contribution in [2.24, 2.45) is 0 Å². The van der Waals surface area contributed by atoms with Crippen molar-refractivity contribution in [3.8, 4) is 0 Å². The van der Waals surface area contributed by atoms with Crippen LogP contribution in [0.4, 0.5) is 10.1 Å². The van der Waals surface area contributed by atoms with Gasteiger partial charge in [-0.25, -0.2) is 9.37 Å². The summed E-state index contributed by atoms with van der Waals surface area (Å²) >= 11 is 0. The molecule has 8 nitrogen and oxygen atoms in total. The summed E-state index contributed by atoms with van der Waals surface area (Å²) in [6.45, 7) is 11.3. The smallest absolute Gasteiger partial charge is 0.241 e. The van der Waals surface area contributed by atoms with Crippen LogP contribution in [0.2, 0.25) is 0 Å². The van der Waals surface area contributed by atoms with Gasteiger partial charge in [0, 0.05) is 49.9 Å². The Morgan fingerprint density at radius 2 is 1.95 bits per heavy atom. The Balaban J connectivity index is 1.36. The van der Waals surface area contributed by atoms with E-state index >= 15 is 0 Å². The number of aryl methyl sites for hydroxylation is 1. The van der Waals surface area contributed by atoms with Crippen LogP contribution in [0, 0.1) is 12.7 Å². The lowest BCUT2D eigenvalue weighted by atomic mass is 9.91. The maximum Gasteiger partial charge on any atom is 0.241 e. The molecule has 0 spiro atoms. The van der Waals surface area contributed by atoms with E-state index in [0.717, 1.165) is 47.1 Å². The molecule has 0 saturated carbocycles. The maximum absolute atomic E-state index is 13.9. The van der Waals surface area contributed by atoms with Crippen LogP contribution in [-0.4, -0.2) is 68.7 Å². The van der Waals surface area contributed by atoms with Gasteiger partial charge in [-0.1, -0.05) is 26.0 Å². The van der Waals surface area contributed by atoms with Crippen molar-refractivity contribution in [3.05, 3.63) is 76.9 Å². The topological polar surface area (TPSA) is 86.5 Å². The van der Waals surface area contributed by atoms with Gasteiger partial charge in [-0.3, -0.25) is 14.7 Å². The van der Waals surface area contributed by atoms with Crippen LogP contribution in [-0.2, 0) is 29.8 Å². The number of nitrogens with zero attached hydrogens (tertiary/aromatic N) is 5. The van der Waals surface area contributed by atoms with E-state index in [1.807, 2.05) is 22.6 Å². The summed E-state index contributed by atoms with van der Waals surface area (Å²) in [5, 5.41) is 13.3. The van der Waals surface area contributed by atoms with E-state index in [4.69, 9.17) is 4.98 Å². The standard InChI is InChI=1S/C29H37FN6O2/c1-19-14-34(24(12-31-19)15-35-20(2)32-13-25(35)17-37)16-27(38)36-18-29(3,4)28-26(36)10-22(11-33-28)9-21-5-7-23(30)8-6-21/h5-8,10-11,13,19,24,31,37H,9,12,14-18H2,1-4H3/t19-,24-/m1/s1. The van der Waals surface area contributed by atoms with Crippen molar-refractivity contribution < 1.29 is 14.3 Å². The number of carbonyl (C=O) groups excluding carboxylic acids is 1. The molecular formula is C29H37FN6O2. The Labute approximate surface area is 223 Å². The highest BCUT2D eigenvalue weighted by Crippen LogP contribution is 2.39. The molecule has 5 rings (SSSR count). The van der Waals surface area contributed by atoms with Crippen LogP contribution in [0.3, 0.4) is 0 Å². The highest BCUT2D eigenvalue weighted by molar-refractivity contribution is 5.97. The van der Waals surface area contributed by atoms with Crippen molar-refractivity contribution in [2.75, 3.05) is 31.1 Å². The van der Waals surface area contributed by atoms with E-state index in [2.05, 4.69) is 42.0 Å². The zero-order chi connectivity index (χ0) is 27.0. The molecule has 3 aromatic rings. The largest absolute Gasteiger partial charge is 0.390 e. The average molecular weight is 521 g/mol. The van der Waals surface area contributed by atoms with Crippen molar-refractivity contribution in [2.45, 2.75) is 64.8 Å². The Morgan fingerprint density at radius 1 is 1.18 bits per heavy atom. The highest BCUT2D eigenvalue weighted by Gasteiger charge is 2.40.